The molecule has 0 fully saturated rings. The van der Waals surface area contributed by atoms with Gasteiger partial charge in [0.1, 0.15) is 5.82 Å². The summed E-state index contributed by atoms with van der Waals surface area (Å²) in [5, 5.41) is 3.33. The SMILES string of the molecule is CC(=O)Nc1ccc(S[C@@H](C)c2nc3ccccc3c(=O)[nH]2)cc1. The van der Waals surface area contributed by atoms with Gasteiger partial charge in [0.05, 0.1) is 16.2 Å². The molecule has 0 aliphatic rings. The third kappa shape index (κ3) is 3.65. The average Bonchev–Trinajstić information content (AvgIpc) is 2.56. The Balaban J connectivity index is 1.81. The second kappa shape index (κ2) is 6.88. The first kappa shape index (κ1) is 16.3. The summed E-state index contributed by atoms with van der Waals surface area (Å²) in [5.41, 5.74) is 1.34. The summed E-state index contributed by atoms with van der Waals surface area (Å²) in [4.78, 5) is 31.7. The molecule has 0 unspecified atom stereocenters. The Morgan fingerprint density at radius 3 is 2.58 bits per heavy atom. The molecule has 1 amide bonds. The Kier molecular flexibility index (Phi) is 4.66. The van der Waals surface area contributed by atoms with Crippen molar-refractivity contribution in [2.75, 3.05) is 5.32 Å². The lowest BCUT2D eigenvalue weighted by Crippen LogP contribution is -2.12. The van der Waals surface area contributed by atoms with Crippen LogP contribution >= 0.6 is 11.8 Å². The Morgan fingerprint density at radius 1 is 1.17 bits per heavy atom. The van der Waals surface area contributed by atoms with Crippen molar-refractivity contribution >= 4 is 34.3 Å². The van der Waals surface area contributed by atoms with Gasteiger partial charge in [-0.3, -0.25) is 9.59 Å². The lowest BCUT2D eigenvalue weighted by atomic mass is 10.2. The number of para-hydroxylation sites is 1. The summed E-state index contributed by atoms with van der Waals surface area (Å²) in [5.74, 6) is 0.552. The maximum absolute atomic E-state index is 12.2. The summed E-state index contributed by atoms with van der Waals surface area (Å²) in [6, 6.07) is 14.9. The number of carbonyl (C=O) groups excluding carboxylic acids is 1. The number of nitrogens with zero attached hydrogens (tertiary/aromatic N) is 1. The van der Waals surface area contributed by atoms with Gasteiger partial charge in [0, 0.05) is 17.5 Å². The van der Waals surface area contributed by atoms with Gasteiger partial charge < -0.3 is 10.3 Å². The van der Waals surface area contributed by atoms with Crippen LogP contribution in [0.5, 0.6) is 0 Å². The molecule has 3 rings (SSSR count). The molecule has 2 N–H and O–H groups in total. The molecule has 0 radical (unpaired) electrons. The number of aromatic amines is 1. The van der Waals surface area contributed by atoms with E-state index in [4.69, 9.17) is 0 Å². The summed E-state index contributed by atoms with van der Waals surface area (Å²) in [7, 11) is 0. The van der Waals surface area contributed by atoms with Crippen LogP contribution in [0.4, 0.5) is 5.69 Å². The molecule has 5 nitrogen and oxygen atoms in total. The number of benzene rings is 2. The molecule has 24 heavy (non-hydrogen) atoms. The van der Waals surface area contributed by atoms with E-state index in [0.29, 0.717) is 16.7 Å². The zero-order valence-electron chi connectivity index (χ0n) is 13.4. The number of anilines is 1. The number of hydrogen-bond donors (Lipinski definition) is 2. The minimum atomic E-state index is -0.121. The van der Waals surface area contributed by atoms with Gasteiger partial charge >= 0.3 is 0 Å². The number of H-pyrrole nitrogens is 1. The highest BCUT2D eigenvalue weighted by Crippen LogP contribution is 2.33. The molecule has 0 saturated carbocycles. The smallest absolute Gasteiger partial charge is 0.258 e. The van der Waals surface area contributed by atoms with Crippen LogP contribution in [0.15, 0.2) is 58.2 Å². The van der Waals surface area contributed by atoms with Crippen LogP contribution in [-0.2, 0) is 4.79 Å². The van der Waals surface area contributed by atoms with E-state index in [0.717, 1.165) is 10.6 Å². The van der Waals surface area contributed by atoms with Crippen molar-refractivity contribution in [3.8, 4) is 0 Å². The quantitative estimate of drug-likeness (QED) is 0.710. The van der Waals surface area contributed by atoms with Crippen molar-refractivity contribution in [1.82, 2.24) is 9.97 Å². The van der Waals surface area contributed by atoms with Gasteiger partial charge in [-0.05, 0) is 43.3 Å². The first-order valence-electron chi connectivity index (χ1n) is 7.56. The molecule has 6 heteroatoms. The molecule has 0 saturated heterocycles. The predicted octanol–water partition coefficient (Wildman–Crippen LogP) is 3.73. The second-order valence-corrected chi connectivity index (χ2v) is 6.85. The third-order valence-electron chi connectivity index (χ3n) is 3.50. The van der Waals surface area contributed by atoms with Gasteiger partial charge in [0.2, 0.25) is 5.91 Å². The molecule has 0 spiro atoms. The number of carbonyl (C=O) groups is 1. The van der Waals surface area contributed by atoms with Crippen LogP contribution in [0, 0.1) is 0 Å². The minimum Gasteiger partial charge on any atom is -0.326 e. The number of rotatable bonds is 4. The lowest BCUT2D eigenvalue weighted by Gasteiger charge is -2.12. The number of amides is 1. The Labute approximate surface area is 143 Å². The molecular formula is C18H17N3O2S. The van der Waals surface area contributed by atoms with Gasteiger partial charge in [0.25, 0.3) is 5.56 Å². The first-order valence-corrected chi connectivity index (χ1v) is 8.44. The summed E-state index contributed by atoms with van der Waals surface area (Å²) in [6.45, 7) is 3.48. The van der Waals surface area contributed by atoms with Crippen LogP contribution in [0.25, 0.3) is 10.9 Å². The zero-order valence-corrected chi connectivity index (χ0v) is 14.2. The molecule has 3 aromatic rings. The van der Waals surface area contributed by atoms with E-state index in [1.54, 1.807) is 17.8 Å². The first-order chi connectivity index (χ1) is 11.5. The van der Waals surface area contributed by atoms with Crippen LogP contribution in [0.3, 0.4) is 0 Å². The lowest BCUT2D eigenvalue weighted by molar-refractivity contribution is -0.114. The molecular weight excluding hydrogens is 322 g/mol. The Morgan fingerprint density at radius 2 is 1.88 bits per heavy atom. The van der Waals surface area contributed by atoms with E-state index < -0.39 is 0 Å². The monoisotopic (exact) mass is 339 g/mol. The second-order valence-electron chi connectivity index (χ2n) is 5.43. The standard InChI is InChI=1S/C18H17N3O2S/c1-11(24-14-9-7-13(8-10-14)19-12(2)22)17-20-16-6-4-3-5-15(16)18(23)21-17/h3-11H,1-2H3,(H,19,22)(H,20,21,23)/t11-/m0/s1. The van der Waals surface area contributed by atoms with E-state index in [-0.39, 0.29) is 16.7 Å². The molecule has 0 bridgehead atoms. The van der Waals surface area contributed by atoms with E-state index in [1.807, 2.05) is 49.4 Å². The van der Waals surface area contributed by atoms with E-state index >= 15 is 0 Å². The number of fused-ring (bicyclic) bond motifs is 1. The normalized spacial score (nSPS) is 12.1. The van der Waals surface area contributed by atoms with E-state index in [2.05, 4.69) is 15.3 Å². The Bertz CT molecular complexity index is 935. The zero-order chi connectivity index (χ0) is 17.1. The van der Waals surface area contributed by atoms with Crippen molar-refractivity contribution in [3.63, 3.8) is 0 Å². The highest BCUT2D eigenvalue weighted by atomic mass is 32.2. The highest BCUT2D eigenvalue weighted by molar-refractivity contribution is 7.99. The van der Waals surface area contributed by atoms with Crippen molar-refractivity contribution in [2.45, 2.75) is 24.0 Å². The molecule has 122 valence electrons. The number of thioether (sulfide) groups is 1. The number of nitrogens with one attached hydrogen (secondary N) is 2. The molecule has 0 aliphatic heterocycles. The van der Waals surface area contributed by atoms with Gasteiger partial charge in [-0.15, -0.1) is 11.8 Å². The summed E-state index contributed by atoms with van der Waals surface area (Å²) < 4.78 is 0. The van der Waals surface area contributed by atoms with Crippen LogP contribution in [-0.4, -0.2) is 15.9 Å². The maximum atomic E-state index is 12.2. The average molecular weight is 339 g/mol. The molecule has 1 atom stereocenters. The van der Waals surface area contributed by atoms with Gasteiger partial charge in [-0.25, -0.2) is 4.98 Å². The van der Waals surface area contributed by atoms with Crippen LogP contribution < -0.4 is 10.9 Å². The van der Waals surface area contributed by atoms with Gasteiger partial charge in [0.15, 0.2) is 0 Å². The van der Waals surface area contributed by atoms with Gasteiger partial charge in [-0.1, -0.05) is 12.1 Å². The maximum Gasteiger partial charge on any atom is 0.258 e. The number of aromatic nitrogens is 2. The largest absolute Gasteiger partial charge is 0.326 e. The predicted molar refractivity (Wildman–Crippen MR) is 97.4 cm³/mol. The summed E-state index contributed by atoms with van der Waals surface area (Å²) in [6.07, 6.45) is 0. The fourth-order valence-corrected chi connectivity index (χ4v) is 3.30. The summed E-state index contributed by atoms with van der Waals surface area (Å²) >= 11 is 1.60. The fourth-order valence-electron chi connectivity index (χ4n) is 2.38. The molecule has 0 aliphatic carbocycles. The Hall–Kier alpha value is -2.60. The highest BCUT2D eigenvalue weighted by Gasteiger charge is 2.12. The molecule has 1 heterocycles. The topological polar surface area (TPSA) is 74.8 Å². The molecule has 2 aromatic carbocycles. The van der Waals surface area contributed by atoms with Crippen molar-refractivity contribution in [1.29, 1.82) is 0 Å². The van der Waals surface area contributed by atoms with Crippen LogP contribution in [0.2, 0.25) is 0 Å². The minimum absolute atomic E-state index is 0.00563. The van der Waals surface area contributed by atoms with E-state index in [9.17, 15) is 9.59 Å². The number of hydrogen-bond acceptors (Lipinski definition) is 4. The third-order valence-corrected chi connectivity index (χ3v) is 4.62. The van der Waals surface area contributed by atoms with Crippen molar-refractivity contribution < 1.29 is 4.79 Å². The van der Waals surface area contributed by atoms with Crippen LogP contribution in [0.1, 0.15) is 24.9 Å². The fraction of sp³-hybridized carbons (Fsp3) is 0.167. The molecule has 1 aromatic heterocycles. The van der Waals surface area contributed by atoms with E-state index in [1.165, 1.54) is 6.92 Å². The van der Waals surface area contributed by atoms with Crippen molar-refractivity contribution in [2.24, 2.45) is 0 Å². The van der Waals surface area contributed by atoms with Gasteiger partial charge in [-0.2, -0.15) is 0 Å². The van der Waals surface area contributed by atoms with Crippen molar-refractivity contribution in [3.05, 3.63) is 64.7 Å².